The lowest BCUT2D eigenvalue weighted by Gasteiger charge is -2.21. The number of hydrogen-bond acceptors (Lipinski definition) is 7. The average Bonchev–Trinajstić information content (AvgIpc) is 3.68. The lowest BCUT2D eigenvalue weighted by molar-refractivity contribution is 0.0600. The van der Waals surface area contributed by atoms with Crippen LogP contribution in [0.15, 0.2) is 59.1 Å². The van der Waals surface area contributed by atoms with Crippen molar-refractivity contribution < 1.29 is 23.8 Å². The normalized spacial score (nSPS) is 13.4. The molecule has 10 heteroatoms. The molecular weight excluding hydrogens is 702 g/mol. The van der Waals surface area contributed by atoms with Gasteiger partial charge >= 0.3 is 5.97 Å². The van der Waals surface area contributed by atoms with Crippen LogP contribution < -0.4 is 14.8 Å². The fourth-order valence-electron chi connectivity index (χ4n) is 7.07. The maximum absolute atomic E-state index is 14.2. The number of benzene rings is 3. The Balaban J connectivity index is 1.38. The number of esters is 1. The van der Waals surface area contributed by atoms with E-state index >= 15 is 0 Å². The van der Waals surface area contributed by atoms with Gasteiger partial charge in [-0.25, -0.2) is 9.78 Å². The van der Waals surface area contributed by atoms with Gasteiger partial charge in [0.05, 0.1) is 42.6 Å². The lowest BCUT2D eigenvalue weighted by atomic mass is 9.86. The van der Waals surface area contributed by atoms with E-state index < -0.39 is 5.97 Å². The topological polar surface area (TPSA) is 91.7 Å². The minimum absolute atomic E-state index is 0.251. The number of ether oxygens (including phenoxy) is 3. The standard InChI is InChI=1S/C39H42BrN3O5S/c1-23-16-24(2)36-28(17-23)19-31(43(36)22-26-12-9-13-27(18-26)38(45)48-5)37(44)42-39-41-35(29-20-30(40)33(47-4)21-32(29)46-3)34(49-39)15-14-25-10-7-6-8-11-25/h9,12-13,16-21,25H,6-8,10-11,14-15,22H2,1-5H3,(H,41,42,44). The predicted molar refractivity (Wildman–Crippen MR) is 199 cm³/mol. The number of carbonyl (C=O) groups is 2. The lowest BCUT2D eigenvalue weighted by Crippen LogP contribution is -2.18. The van der Waals surface area contributed by atoms with Gasteiger partial charge in [-0.1, -0.05) is 55.9 Å². The van der Waals surface area contributed by atoms with E-state index in [-0.39, 0.29) is 5.91 Å². The van der Waals surface area contributed by atoms with Gasteiger partial charge in [-0.05, 0) is 90.0 Å². The molecule has 5 aromatic rings. The Morgan fingerprint density at radius 2 is 1.76 bits per heavy atom. The van der Waals surface area contributed by atoms with Crippen molar-refractivity contribution in [2.45, 2.75) is 65.3 Å². The van der Waals surface area contributed by atoms with Crippen LogP contribution in [0.1, 0.15) is 80.9 Å². The maximum atomic E-state index is 14.2. The van der Waals surface area contributed by atoms with Crippen molar-refractivity contribution in [3.63, 3.8) is 0 Å². The molecule has 2 aromatic heterocycles. The Bertz CT molecular complexity index is 2010. The summed E-state index contributed by atoms with van der Waals surface area (Å²) in [7, 11) is 4.65. The summed E-state index contributed by atoms with van der Waals surface area (Å²) < 4.78 is 19.1. The molecule has 2 heterocycles. The van der Waals surface area contributed by atoms with E-state index in [2.05, 4.69) is 47.2 Å². The molecule has 1 fully saturated rings. The van der Waals surface area contributed by atoms with Crippen molar-refractivity contribution in [3.8, 4) is 22.8 Å². The molecule has 1 N–H and O–H groups in total. The Labute approximate surface area is 299 Å². The highest BCUT2D eigenvalue weighted by Crippen LogP contribution is 2.43. The summed E-state index contributed by atoms with van der Waals surface area (Å²) in [6.07, 6.45) is 8.39. The molecule has 3 aromatic carbocycles. The molecule has 0 radical (unpaired) electrons. The monoisotopic (exact) mass is 743 g/mol. The number of thiazole rings is 1. The number of methoxy groups -OCH3 is 3. The second-order valence-corrected chi connectivity index (χ2v) is 14.7. The summed E-state index contributed by atoms with van der Waals surface area (Å²) >= 11 is 5.17. The van der Waals surface area contributed by atoms with Crippen molar-refractivity contribution in [3.05, 3.63) is 91.9 Å². The molecule has 0 saturated heterocycles. The quantitative estimate of drug-likeness (QED) is 0.136. The van der Waals surface area contributed by atoms with E-state index in [0.717, 1.165) is 61.0 Å². The van der Waals surface area contributed by atoms with Gasteiger partial charge in [-0.2, -0.15) is 0 Å². The predicted octanol–water partition coefficient (Wildman–Crippen LogP) is 9.76. The summed E-state index contributed by atoms with van der Waals surface area (Å²) in [6, 6.07) is 17.3. The van der Waals surface area contributed by atoms with Crippen LogP contribution in [0.5, 0.6) is 11.5 Å². The van der Waals surface area contributed by atoms with Gasteiger partial charge in [0, 0.05) is 28.4 Å². The molecule has 1 amide bonds. The minimum Gasteiger partial charge on any atom is -0.496 e. The largest absolute Gasteiger partial charge is 0.496 e. The van der Waals surface area contributed by atoms with Gasteiger partial charge < -0.3 is 18.8 Å². The smallest absolute Gasteiger partial charge is 0.337 e. The second-order valence-electron chi connectivity index (χ2n) is 12.8. The van der Waals surface area contributed by atoms with E-state index in [0.29, 0.717) is 40.4 Å². The van der Waals surface area contributed by atoms with Gasteiger partial charge in [-0.3, -0.25) is 10.1 Å². The highest BCUT2D eigenvalue weighted by Gasteiger charge is 2.24. The molecule has 256 valence electrons. The molecule has 6 rings (SSSR count). The third-order valence-corrected chi connectivity index (χ3v) is 11.1. The second kappa shape index (κ2) is 15.2. The van der Waals surface area contributed by atoms with Gasteiger partial charge in [0.1, 0.15) is 17.2 Å². The number of halogens is 1. The third-order valence-electron chi connectivity index (χ3n) is 9.40. The Morgan fingerprint density at radius 1 is 0.980 bits per heavy atom. The van der Waals surface area contributed by atoms with E-state index in [9.17, 15) is 9.59 Å². The van der Waals surface area contributed by atoms with Crippen LogP contribution in [-0.2, 0) is 17.7 Å². The molecular formula is C39H42BrN3O5S. The molecule has 0 unspecified atom stereocenters. The SMILES string of the molecule is COC(=O)c1cccc(Cn2c(C(=O)Nc3nc(-c4cc(Br)c(OC)cc4OC)c(CCC4CCCCC4)s3)cc3cc(C)cc(C)c32)c1. The van der Waals surface area contributed by atoms with E-state index in [4.69, 9.17) is 19.2 Å². The first-order chi connectivity index (χ1) is 23.7. The molecule has 8 nitrogen and oxygen atoms in total. The zero-order valence-electron chi connectivity index (χ0n) is 28.7. The summed E-state index contributed by atoms with van der Waals surface area (Å²) in [5.41, 5.74) is 6.67. The molecule has 0 aliphatic heterocycles. The van der Waals surface area contributed by atoms with E-state index in [1.807, 2.05) is 41.0 Å². The molecule has 0 spiro atoms. The number of fused-ring (bicyclic) bond motifs is 1. The van der Waals surface area contributed by atoms with Gasteiger partial charge in [0.2, 0.25) is 0 Å². The third kappa shape index (κ3) is 7.55. The number of hydrogen-bond donors (Lipinski definition) is 1. The summed E-state index contributed by atoms with van der Waals surface area (Å²) in [4.78, 5) is 32.7. The summed E-state index contributed by atoms with van der Waals surface area (Å²) in [6.45, 7) is 4.51. The molecule has 0 atom stereocenters. The fourth-order valence-corrected chi connectivity index (χ4v) is 8.56. The average molecular weight is 745 g/mol. The summed E-state index contributed by atoms with van der Waals surface area (Å²) in [5.74, 6) is 1.37. The Kier molecular flexibility index (Phi) is 10.7. The highest BCUT2D eigenvalue weighted by atomic mass is 79.9. The van der Waals surface area contributed by atoms with Crippen LogP contribution in [-0.4, -0.2) is 42.8 Å². The van der Waals surface area contributed by atoms with Crippen LogP contribution in [0.3, 0.4) is 0 Å². The van der Waals surface area contributed by atoms with Crippen LogP contribution in [0.2, 0.25) is 0 Å². The van der Waals surface area contributed by atoms with Crippen molar-refractivity contribution >= 4 is 55.2 Å². The number of amides is 1. The Morgan fingerprint density at radius 3 is 2.49 bits per heavy atom. The van der Waals surface area contributed by atoms with Crippen LogP contribution in [0.4, 0.5) is 5.13 Å². The van der Waals surface area contributed by atoms with E-state index in [1.54, 1.807) is 20.3 Å². The van der Waals surface area contributed by atoms with Gasteiger partial charge in [-0.15, -0.1) is 11.3 Å². The number of rotatable bonds is 11. The Hall–Kier alpha value is -4.15. The van der Waals surface area contributed by atoms with Crippen LogP contribution in [0.25, 0.3) is 22.2 Å². The number of nitrogens with one attached hydrogen (secondary N) is 1. The first-order valence-corrected chi connectivity index (χ1v) is 18.3. The fraction of sp³-hybridized carbons (Fsp3) is 0.359. The molecule has 0 bridgehead atoms. The zero-order valence-corrected chi connectivity index (χ0v) is 31.1. The van der Waals surface area contributed by atoms with E-state index in [1.165, 1.54) is 50.6 Å². The van der Waals surface area contributed by atoms with Crippen molar-refractivity contribution in [1.29, 1.82) is 0 Å². The van der Waals surface area contributed by atoms with Gasteiger partial charge in [0.15, 0.2) is 5.13 Å². The molecule has 1 saturated carbocycles. The first-order valence-electron chi connectivity index (χ1n) is 16.7. The number of anilines is 1. The van der Waals surface area contributed by atoms with Crippen LogP contribution in [0, 0.1) is 19.8 Å². The molecule has 1 aliphatic rings. The number of aryl methyl sites for hydroxylation is 3. The first kappa shape index (κ1) is 34.7. The van der Waals surface area contributed by atoms with Gasteiger partial charge in [0.25, 0.3) is 5.91 Å². The molecule has 1 aliphatic carbocycles. The molecule has 49 heavy (non-hydrogen) atoms. The zero-order chi connectivity index (χ0) is 34.7. The van der Waals surface area contributed by atoms with Crippen molar-refractivity contribution in [1.82, 2.24) is 9.55 Å². The number of aromatic nitrogens is 2. The minimum atomic E-state index is -0.400. The van der Waals surface area contributed by atoms with Crippen LogP contribution >= 0.6 is 27.3 Å². The summed E-state index contributed by atoms with van der Waals surface area (Å²) in [5, 5.41) is 4.67. The van der Waals surface area contributed by atoms with Crippen molar-refractivity contribution in [2.75, 3.05) is 26.6 Å². The van der Waals surface area contributed by atoms with Crippen molar-refractivity contribution in [2.24, 2.45) is 5.92 Å². The number of nitrogens with zero attached hydrogens (tertiary/aromatic N) is 2. The highest BCUT2D eigenvalue weighted by molar-refractivity contribution is 9.10. The maximum Gasteiger partial charge on any atom is 0.337 e. The number of carbonyl (C=O) groups excluding carboxylic acids is 2.